The summed E-state index contributed by atoms with van der Waals surface area (Å²) in [4.78, 5) is 17.5. The maximum atomic E-state index is 10.7. The lowest BCUT2D eigenvalue weighted by molar-refractivity contribution is 0.112. The van der Waals surface area contributed by atoms with E-state index in [9.17, 15) is 4.79 Å². The fourth-order valence-corrected chi connectivity index (χ4v) is 3.32. The summed E-state index contributed by atoms with van der Waals surface area (Å²) in [6, 6.07) is 1.92. The molecule has 4 heteroatoms. The molecular formula is C14H20N2OS. The van der Waals surface area contributed by atoms with Crippen LogP contribution in [0.2, 0.25) is 0 Å². The lowest BCUT2D eigenvalue weighted by atomic mass is 10.1. The van der Waals surface area contributed by atoms with E-state index in [1.807, 2.05) is 24.8 Å². The number of carbonyl (C=O) groups is 1. The minimum absolute atomic E-state index is 0.353. The Morgan fingerprint density at radius 3 is 2.89 bits per heavy atom. The van der Waals surface area contributed by atoms with E-state index in [0.29, 0.717) is 10.3 Å². The van der Waals surface area contributed by atoms with Crippen LogP contribution in [0.15, 0.2) is 12.3 Å². The van der Waals surface area contributed by atoms with E-state index in [1.54, 1.807) is 6.20 Å². The molecule has 0 aromatic carbocycles. The third-order valence-electron chi connectivity index (χ3n) is 3.35. The Morgan fingerprint density at radius 2 is 2.22 bits per heavy atom. The number of pyridine rings is 1. The number of aryl methyl sites for hydroxylation is 1. The summed E-state index contributed by atoms with van der Waals surface area (Å²) >= 11 is 2.03. The monoisotopic (exact) mass is 264 g/mol. The lowest BCUT2D eigenvalue weighted by Gasteiger charge is -2.24. The van der Waals surface area contributed by atoms with Gasteiger partial charge in [0.25, 0.3) is 0 Å². The molecule has 1 fully saturated rings. The number of anilines is 1. The van der Waals surface area contributed by atoms with Gasteiger partial charge in [-0.2, -0.15) is 11.8 Å². The Hall–Kier alpha value is -1.03. The number of thioether (sulfide) groups is 1. The third kappa shape index (κ3) is 3.05. The highest BCUT2D eigenvalue weighted by molar-refractivity contribution is 8.00. The molecule has 0 N–H and O–H groups in total. The van der Waals surface area contributed by atoms with E-state index in [-0.39, 0.29) is 0 Å². The predicted octanol–water partition coefficient (Wildman–Crippen LogP) is 2.92. The minimum atomic E-state index is 0.353. The Labute approximate surface area is 113 Å². The normalized spacial score (nSPS) is 19.4. The largest absolute Gasteiger partial charge is 0.356 e. The van der Waals surface area contributed by atoms with Crippen molar-refractivity contribution < 1.29 is 4.79 Å². The second-order valence-electron chi connectivity index (χ2n) is 5.37. The number of carbonyl (C=O) groups excluding carboxylic acids is 1. The summed E-state index contributed by atoms with van der Waals surface area (Å²) in [7, 11) is 0. The number of aldehydes is 1. The van der Waals surface area contributed by atoms with E-state index >= 15 is 0 Å². The maximum Gasteiger partial charge on any atom is 0.151 e. The maximum absolute atomic E-state index is 10.7. The zero-order valence-electron chi connectivity index (χ0n) is 11.3. The molecule has 1 saturated heterocycles. The van der Waals surface area contributed by atoms with Crippen LogP contribution in [0.5, 0.6) is 0 Å². The third-order valence-corrected chi connectivity index (χ3v) is 4.72. The van der Waals surface area contributed by atoms with Gasteiger partial charge in [0.1, 0.15) is 5.82 Å². The number of hydrogen-bond donors (Lipinski definition) is 0. The molecule has 0 spiro atoms. The Morgan fingerprint density at radius 1 is 1.44 bits per heavy atom. The smallest absolute Gasteiger partial charge is 0.151 e. The molecule has 1 aromatic rings. The van der Waals surface area contributed by atoms with Crippen molar-refractivity contribution >= 4 is 23.9 Å². The molecule has 0 bridgehead atoms. The summed E-state index contributed by atoms with van der Waals surface area (Å²) in [6.45, 7) is 8.70. The standard InChI is InChI=1S/C14H20N2OS/c1-11-8-12(10-17)9-15-13(11)16-5-4-14(2,3)18-7-6-16/h8-10H,4-7H2,1-3H3. The SMILES string of the molecule is Cc1cc(C=O)cnc1N1CCSC(C)(C)CC1. The van der Waals surface area contributed by atoms with Crippen LogP contribution < -0.4 is 4.90 Å². The molecule has 0 unspecified atom stereocenters. The van der Waals surface area contributed by atoms with Crippen molar-refractivity contribution in [1.82, 2.24) is 4.98 Å². The lowest BCUT2D eigenvalue weighted by Crippen LogP contribution is -2.28. The van der Waals surface area contributed by atoms with Gasteiger partial charge >= 0.3 is 0 Å². The van der Waals surface area contributed by atoms with Crippen molar-refractivity contribution in [2.75, 3.05) is 23.7 Å². The highest BCUT2D eigenvalue weighted by Crippen LogP contribution is 2.32. The zero-order chi connectivity index (χ0) is 13.2. The van der Waals surface area contributed by atoms with Crippen molar-refractivity contribution in [3.8, 4) is 0 Å². The van der Waals surface area contributed by atoms with Crippen molar-refractivity contribution in [1.29, 1.82) is 0 Å². The molecule has 0 atom stereocenters. The molecule has 98 valence electrons. The highest BCUT2D eigenvalue weighted by Gasteiger charge is 2.24. The molecule has 0 radical (unpaired) electrons. The van der Waals surface area contributed by atoms with Gasteiger partial charge < -0.3 is 4.90 Å². The summed E-state index contributed by atoms with van der Waals surface area (Å²) in [6.07, 6.45) is 3.68. The number of nitrogens with zero attached hydrogens (tertiary/aromatic N) is 2. The van der Waals surface area contributed by atoms with Crippen LogP contribution in [0, 0.1) is 6.92 Å². The molecule has 2 rings (SSSR count). The predicted molar refractivity (Wildman–Crippen MR) is 77.7 cm³/mol. The molecule has 18 heavy (non-hydrogen) atoms. The first kappa shape index (κ1) is 13.4. The second-order valence-corrected chi connectivity index (χ2v) is 7.17. The minimum Gasteiger partial charge on any atom is -0.356 e. The van der Waals surface area contributed by atoms with Gasteiger partial charge in [-0.05, 0) is 25.0 Å². The van der Waals surface area contributed by atoms with E-state index in [2.05, 4.69) is 23.7 Å². The fraction of sp³-hybridized carbons (Fsp3) is 0.571. The molecule has 0 saturated carbocycles. The van der Waals surface area contributed by atoms with Gasteiger partial charge in [-0.15, -0.1) is 0 Å². The average molecular weight is 264 g/mol. The van der Waals surface area contributed by atoms with Crippen molar-refractivity contribution in [3.05, 3.63) is 23.4 Å². The molecule has 0 amide bonds. The van der Waals surface area contributed by atoms with Crippen molar-refractivity contribution in [2.45, 2.75) is 31.9 Å². The molecular weight excluding hydrogens is 244 g/mol. The quantitative estimate of drug-likeness (QED) is 0.769. The number of rotatable bonds is 2. The van der Waals surface area contributed by atoms with Gasteiger partial charge in [-0.1, -0.05) is 13.8 Å². The topological polar surface area (TPSA) is 33.2 Å². The molecule has 1 aromatic heterocycles. The van der Waals surface area contributed by atoms with Crippen LogP contribution in [0.1, 0.15) is 36.2 Å². The van der Waals surface area contributed by atoms with Gasteiger partial charge in [-0.25, -0.2) is 4.98 Å². The molecule has 1 aliphatic rings. The molecule has 2 heterocycles. The van der Waals surface area contributed by atoms with Crippen LogP contribution in [-0.4, -0.2) is 34.9 Å². The number of aromatic nitrogens is 1. The summed E-state index contributed by atoms with van der Waals surface area (Å²) < 4.78 is 0.353. The number of hydrogen-bond acceptors (Lipinski definition) is 4. The average Bonchev–Trinajstić information content (AvgIpc) is 2.50. The summed E-state index contributed by atoms with van der Waals surface area (Å²) in [5.41, 5.74) is 1.74. The van der Waals surface area contributed by atoms with E-state index in [0.717, 1.165) is 42.9 Å². The van der Waals surface area contributed by atoms with Crippen molar-refractivity contribution in [2.24, 2.45) is 0 Å². The van der Waals surface area contributed by atoms with E-state index in [4.69, 9.17) is 0 Å². The first-order valence-electron chi connectivity index (χ1n) is 6.32. The van der Waals surface area contributed by atoms with Crippen LogP contribution >= 0.6 is 11.8 Å². The van der Waals surface area contributed by atoms with Gasteiger partial charge in [0.15, 0.2) is 6.29 Å². The van der Waals surface area contributed by atoms with Crippen LogP contribution in [0.4, 0.5) is 5.82 Å². The van der Waals surface area contributed by atoms with Crippen LogP contribution in [0.3, 0.4) is 0 Å². The van der Waals surface area contributed by atoms with Crippen molar-refractivity contribution in [3.63, 3.8) is 0 Å². The first-order valence-corrected chi connectivity index (χ1v) is 7.31. The molecule has 1 aliphatic heterocycles. The Balaban J connectivity index is 2.18. The van der Waals surface area contributed by atoms with Gasteiger partial charge in [0.05, 0.1) is 0 Å². The Kier molecular flexibility index (Phi) is 3.95. The Bertz CT molecular complexity index is 445. The van der Waals surface area contributed by atoms with Gasteiger partial charge in [0, 0.05) is 35.3 Å². The summed E-state index contributed by atoms with van der Waals surface area (Å²) in [5, 5.41) is 0. The van der Waals surface area contributed by atoms with Crippen LogP contribution in [0.25, 0.3) is 0 Å². The first-order chi connectivity index (χ1) is 8.52. The molecule has 0 aliphatic carbocycles. The van der Waals surface area contributed by atoms with Gasteiger partial charge in [-0.3, -0.25) is 4.79 Å². The molecule has 3 nitrogen and oxygen atoms in total. The van der Waals surface area contributed by atoms with Crippen LogP contribution in [-0.2, 0) is 0 Å². The van der Waals surface area contributed by atoms with Gasteiger partial charge in [0.2, 0.25) is 0 Å². The summed E-state index contributed by atoms with van der Waals surface area (Å²) in [5.74, 6) is 2.16. The fourth-order valence-electron chi connectivity index (χ4n) is 2.22. The zero-order valence-corrected chi connectivity index (χ0v) is 12.1. The highest BCUT2D eigenvalue weighted by atomic mass is 32.2. The second kappa shape index (κ2) is 5.31. The van der Waals surface area contributed by atoms with E-state index < -0.39 is 0 Å². The van der Waals surface area contributed by atoms with E-state index in [1.165, 1.54) is 0 Å².